The fourth-order valence-electron chi connectivity index (χ4n) is 1.91. The van der Waals surface area contributed by atoms with E-state index in [4.69, 9.17) is 4.42 Å². The van der Waals surface area contributed by atoms with Gasteiger partial charge in [-0.05, 0) is 26.2 Å². The Kier molecular flexibility index (Phi) is 4.17. The van der Waals surface area contributed by atoms with E-state index in [0.29, 0.717) is 0 Å². The molecule has 2 heterocycles. The number of nitrogens with zero attached hydrogens (tertiary/aromatic N) is 3. The van der Waals surface area contributed by atoms with Crippen LogP contribution in [-0.4, -0.2) is 35.1 Å². The minimum absolute atomic E-state index is 0.236. The van der Waals surface area contributed by atoms with Crippen LogP contribution in [0.3, 0.4) is 0 Å². The van der Waals surface area contributed by atoms with Crippen LogP contribution in [-0.2, 0) is 13.6 Å². The Balaban J connectivity index is 1.89. The van der Waals surface area contributed by atoms with Gasteiger partial charge in [0, 0.05) is 26.0 Å². The minimum Gasteiger partial charge on any atom is -0.468 e. The third kappa shape index (κ3) is 3.00. The molecule has 0 aromatic carbocycles. The molecular formula is C13H20N4O. The van der Waals surface area contributed by atoms with Gasteiger partial charge in [0.15, 0.2) is 0 Å². The molecule has 2 aromatic heterocycles. The van der Waals surface area contributed by atoms with Crippen molar-refractivity contribution in [3.8, 4) is 0 Å². The largest absolute Gasteiger partial charge is 0.468 e. The van der Waals surface area contributed by atoms with Crippen LogP contribution < -0.4 is 5.32 Å². The monoisotopic (exact) mass is 248 g/mol. The summed E-state index contributed by atoms with van der Waals surface area (Å²) < 4.78 is 7.48. The van der Waals surface area contributed by atoms with Crippen LogP contribution in [0.15, 0.2) is 35.2 Å². The highest BCUT2D eigenvalue weighted by molar-refractivity contribution is 5.05. The third-order valence-electron chi connectivity index (χ3n) is 3.04. The van der Waals surface area contributed by atoms with Crippen molar-refractivity contribution in [1.82, 2.24) is 19.8 Å². The number of aromatic nitrogens is 2. The van der Waals surface area contributed by atoms with Gasteiger partial charge in [-0.15, -0.1) is 0 Å². The van der Waals surface area contributed by atoms with Crippen molar-refractivity contribution >= 4 is 0 Å². The van der Waals surface area contributed by atoms with Crippen LogP contribution in [0, 0.1) is 0 Å². The molecule has 0 saturated carbocycles. The van der Waals surface area contributed by atoms with Gasteiger partial charge in [0.05, 0.1) is 18.8 Å². The average molecular weight is 248 g/mol. The van der Waals surface area contributed by atoms with Gasteiger partial charge in [-0.3, -0.25) is 4.90 Å². The molecule has 0 radical (unpaired) electrons. The van der Waals surface area contributed by atoms with Crippen molar-refractivity contribution in [2.75, 3.05) is 20.6 Å². The fraction of sp³-hybridized carbons (Fsp3) is 0.462. The van der Waals surface area contributed by atoms with Crippen LogP contribution in [0.5, 0.6) is 0 Å². The molecule has 0 aliphatic heterocycles. The number of aryl methyl sites for hydroxylation is 1. The second-order valence-electron chi connectivity index (χ2n) is 4.58. The topological polar surface area (TPSA) is 46.2 Å². The Morgan fingerprint density at radius 1 is 1.50 bits per heavy atom. The van der Waals surface area contributed by atoms with Crippen LogP contribution in [0.1, 0.15) is 17.6 Å². The van der Waals surface area contributed by atoms with Gasteiger partial charge in [-0.2, -0.15) is 0 Å². The molecule has 0 aliphatic rings. The number of furan rings is 1. The molecule has 5 nitrogen and oxygen atoms in total. The lowest BCUT2D eigenvalue weighted by molar-refractivity contribution is 0.249. The molecule has 1 atom stereocenters. The fourth-order valence-corrected chi connectivity index (χ4v) is 1.91. The summed E-state index contributed by atoms with van der Waals surface area (Å²) in [6.07, 6.45) is 5.48. The van der Waals surface area contributed by atoms with E-state index in [2.05, 4.69) is 29.3 Å². The van der Waals surface area contributed by atoms with E-state index in [-0.39, 0.29) is 6.04 Å². The molecule has 1 unspecified atom stereocenters. The zero-order valence-electron chi connectivity index (χ0n) is 11.1. The summed E-state index contributed by atoms with van der Waals surface area (Å²) in [5, 5.41) is 3.41. The Morgan fingerprint density at radius 2 is 2.33 bits per heavy atom. The van der Waals surface area contributed by atoms with Crippen LogP contribution in [0.2, 0.25) is 0 Å². The van der Waals surface area contributed by atoms with E-state index in [1.807, 2.05) is 36.1 Å². The van der Waals surface area contributed by atoms with E-state index in [1.54, 1.807) is 6.26 Å². The Labute approximate surface area is 107 Å². The number of hydrogen-bond donors (Lipinski definition) is 1. The second-order valence-corrected chi connectivity index (χ2v) is 4.58. The molecule has 2 rings (SSSR count). The summed E-state index contributed by atoms with van der Waals surface area (Å²) in [5.74, 6) is 2.01. The van der Waals surface area contributed by atoms with Gasteiger partial charge in [-0.25, -0.2) is 4.98 Å². The molecule has 5 heteroatoms. The molecule has 0 bridgehead atoms. The zero-order valence-corrected chi connectivity index (χ0v) is 11.1. The zero-order chi connectivity index (χ0) is 13.0. The SMILES string of the molecule is CN(C)C(CNCc1nccn1C)c1ccco1. The van der Waals surface area contributed by atoms with E-state index in [9.17, 15) is 0 Å². The number of imidazole rings is 1. The van der Waals surface area contributed by atoms with Crippen molar-refractivity contribution in [2.24, 2.45) is 7.05 Å². The standard InChI is InChI=1S/C13H20N4O/c1-16(2)11(12-5-4-8-18-12)9-14-10-13-15-6-7-17(13)3/h4-8,11,14H,9-10H2,1-3H3. The maximum atomic E-state index is 5.47. The lowest BCUT2D eigenvalue weighted by atomic mass is 10.2. The van der Waals surface area contributed by atoms with Crippen LogP contribution in [0.4, 0.5) is 0 Å². The van der Waals surface area contributed by atoms with Gasteiger partial charge in [-0.1, -0.05) is 0 Å². The summed E-state index contributed by atoms with van der Waals surface area (Å²) in [4.78, 5) is 6.43. The van der Waals surface area contributed by atoms with E-state index < -0.39 is 0 Å². The van der Waals surface area contributed by atoms with Crippen molar-refractivity contribution in [1.29, 1.82) is 0 Å². The molecule has 0 spiro atoms. The third-order valence-corrected chi connectivity index (χ3v) is 3.04. The molecule has 1 N–H and O–H groups in total. The van der Waals surface area contributed by atoms with E-state index >= 15 is 0 Å². The van der Waals surface area contributed by atoms with Gasteiger partial charge in [0.25, 0.3) is 0 Å². The maximum absolute atomic E-state index is 5.47. The quantitative estimate of drug-likeness (QED) is 0.839. The Hall–Kier alpha value is -1.59. The molecule has 2 aromatic rings. The predicted octanol–water partition coefficient (Wildman–Crippen LogP) is 1.41. The molecular weight excluding hydrogens is 228 g/mol. The van der Waals surface area contributed by atoms with Crippen molar-refractivity contribution in [3.63, 3.8) is 0 Å². The highest BCUT2D eigenvalue weighted by atomic mass is 16.3. The summed E-state index contributed by atoms with van der Waals surface area (Å²) in [7, 11) is 6.10. The Bertz CT molecular complexity index is 461. The first kappa shape index (κ1) is 12.9. The summed E-state index contributed by atoms with van der Waals surface area (Å²) in [6.45, 7) is 1.59. The molecule has 0 saturated heterocycles. The number of rotatable bonds is 6. The van der Waals surface area contributed by atoms with E-state index in [0.717, 1.165) is 24.7 Å². The van der Waals surface area contributed by atoms with Crippen molar-refractivity contribution in [2.45, 2.75) is 12.6 Å². The normalized spacial score (nSPS) is 13.1. The van der Waals surface area contributed by atoms with Crippen molar-refractivity contribution in [3.05, 3.63) is 42.4 Å². The summed E-state index contributed by atoms with van der Waals surface area (Å²) in [6, 6.07) is 4.16. The average Bonchev–Trinajstić information content (AvgIpc) is 2.96. The molecule has 0 amide bonds. The smallest absolute Gasteiger partial charge is 0.122 e. The molecule has 98 valence electrons. The number of nitrogens with one attached hydrogen (secondary N) is 1. The summed E-state index contributed by atoms with van der Waals surface area (Å²) in [5.41, 5.74) is 0. The minimum atomic E-state index is 0.236. The van der Waals surface area contributed by atoms with Crippen LogP contribution in [0.25, 0.3) is 0 Å². The first-order chi connectivity index (χ1) is 8.68. The number of hydrogen-bond acceptors (Lipinski definition) is 4. The number of likely N-dealkylation sites (N-methyl/N-ethyl adjacent to an activating group) is 1. The van der Waals surface area contributed by atoms with Gasteiger partial charge in [0.2, 0.25) is 0 Å². The molecule has 0 fully saturated rings. The first-order valence-electron chi connectivity index (χ1n) is 6.05. The lowest BCUT2D eigenvalue weighted by Gasteiger charge is -2.22. The summed E-state index contributed by atoms with van der Waals surface area (Å²) >= 11 is 0. The van der Waals surface area contributed by atoms with Gasteiger partial charge < -0.3 is 14.3 Å². The first-order valence-corrected chi connectivity index (χ1v) is 6.05. The van der Waals surface area contributed by atoms with Gasteiger partial charge in [0.1, 0.15) is 11.6 Å². The Morgan fingerprint density at radius 3 is 2.89 bits per heavy atom. The predicted molar refractivity (Wildman–Crippen MR) is 70.1 cm³/mol. The molecule has 18 heavy (non-hydrogen) atoms. The lowest BCUT2D eigenvalue weighted by Crippen LogP contribution is -2.31. The van der Waals surface area contributed by atoms with Crippen LogP contribution >= 0.6 is 0 Å². The highest BCUT2D eigenvalue weighted by Gasteiger charge is 2.16. The van der Waals surface area contributed by atoms with Crippen molar-refractivity contribution < 1.29 is 4.42 Å². The van der Waals surface area contributed by atoms with Gasteiger partial charge >= 0.3 is 0 Å². The maximum Gasteiger partial charge on any atom is 0.122 e. The highest BCUT2D eigenvalue weighted by Crippen LogP contribution is 2.17. The van der Waals surface area contributed by atoms with E-state index in [1.165, 1.54) is 0 Å². The second kappa shape index (κ2) is 5.84. The molecule has 0 aliphatic carbocycles.